The molecule has 3 nitrogen and oxygen atoms in total. The molecule has 1 aliphatic heterocycles. The highest BCUT2D eigenvalue weighted by Crippen LogP contribution is 2.13. The van der Waals surface area contributed by atoms with E-state index >= 15 is 0 Å². The first-order valence-corrected chi connectivity index (χ1v) is 6.94. The van der Waals surface area contributed by atoms with Crippen molar-refractivity contribution in [2.75, 3.05) is 26.2 Å². The van der Waals surface area contributed by atoms with E-state index in [1.165, 1.54) is 38.6 Å². The van der Waals surface area contributed by atoms with Gasteiger partial charge < -0.3 is 15.0 Å². The number of hydrogen-bond donors (Lipinski definition) is 1. The zero-order valence-corrected chi connectivity index (χ0v) is 11.5. The highest BCUT2D eigenvalue weighted by Gasteiger charge is 2.17. The molecule has 1 unspecified atom stereocenters. The Morgan fingerprint density at radius 2 is 2.24 bits per heavy atom. The molecule has 0 radical (unpaired) electrons. The molecule has 0 aromatic carbocycles. The van der Waals surface area contributed by atoms with Gasteiger partial charge >= 0.3 is 0 Å². The fourth-order valence-electron chi connectivity index (χ4n) is 2.38. The summed E-state index contributed by atoms with van der Waals surface area (Å²) in [6, 6.07) is 1.39. The number of nitrogens with one attached hydrogen (secondary N) is 1. The first-order valence-electron chi connectivity index (χ1n) is 6.94. The minimum absolute atomic E-state index is 0.690. The topological polar surface area (TPSA) is 24.5 Å². The second-order valence-corrected chi connectivity index (χ2v) is 5.10. The summed E-state index contributed by atoms with van der Waals surface area (Å²) in [5.41, 5.74) is 0. The van der Waals surface area contributed by atoms with Gasteiger partial charge in [0.15, 0.2) is 0 Å². The molecule has 100 valence electrons. The van der Waals surface area contributed by atoms with E-state index in [-0.39, 0.29) is 0 Å². The zero-order chi connectivity index (χ0) is 12.5. The Labute approximate surface area is 106 Å². The molecule has 0 aliphatic carbocycles. The fraction of sp³-hybridized carbons (Fsp3) is 0.857. The van der Waals surface area contributed by atoms with Crippen molar-refractivity contribution in [2.24, 2.45) is 0 Å². The van der Waals surface area contributed by atoms with E-state index in [0.29, 0.717) is 12.1 Å². The van der Waals surface area contributed by atoms with Gasteiger partial charge in [0.25, 0.3) is 0 Å². The molecule has 17 heavy (non-hydrogen) atoms. The van der Waals surface area contributed by atoms with Gasteiger partial charge in [0.05, 0.1) is 12.9 Å². The fourth-order valence-corrected chi connectivity index (χ4v) is 2.38. The minimum Gasteiger partial charge on any atom is -0.502 e. The molecule has 1 saturated heterocycles. The molecule has 1 heterocycles. The van der Waals surface area contributed by atoms with Crippen LogP contribution in [0, 0.1) is 0 Å². The van der Waals surface area contributed by atoms with Crippen LogP contribution in [0.1, 0.15) is 39.5 Å². The van der Waals surface area contributed by atoms with Crippen LogP contribution in [0.25, 0.3) is 0 Å². The summed E-state index contributed by atoms with van der Waals surface area (Å²) in [4.78, 5) is 2.59. The van der Waals surface area contributed by atoms with Gasteiger partial charge in [-0.05, 0) is 59.2 Å². The van der Waals surface area contributed by atoms with E-state index in [1.54, 1.807) is 0 Å². The summed E-state index contributed by atoms with van der Waals surface area (Å²) >= 11 is 0. The van der Waals surface area contributed by atoms with Gasteiger partial charge in [0, 0.05) is 12.1 Å². The Kier molecular flexibility index (Phi) is 7.29. The second kappa shape index (κ2) is 8.54. The zero-order valence-electron chi connectivity index (χ0n) is 11.5. The molecule has 0 saturated carbocycles. The summed E-state index contributed by atoms with van der Waals surface area (Å²) in [7, 11) is 0. The van der Waals surface area contributed by atoms with E-state index in [0.717, 1.165) is 19.6 Å². The Morgan fingerprint density at radius 1 is 1.41 bits per heavy atom. The smallest absolute Gasteiger partial charge is 0.0885 e. The largest absolute Gasteiger partial charge is 0.502 e. The molecule has 1 atom stereocenters. The van der Waals surface area contributed by atoms with E-state index in [9.17, 15) is 0 Å². The molecule has 0 spiro atoms. The molecule has 0 aromatic heterocycles. The normalized spacial score (nSPS) is 22.4. The van der Waals surface area contributed by atoms with Crippen LogP contribution in [0.15, 0.2) is 12.8 Å². The number of likely N-dealkylation sites (tertiary alicyclic amines) is 1. The lowest BCUT2D eigenvalue weighted by atomic mass is 10.1. The Hall–Kier alpha value is -0.540. The maximum atomic E-state index is 5.11. The maximum absolute atomic E-state index is 5.11. The Morgan fingerprint density at radius 3 is 2.94 bits per heavy atom. The standard InChI is InChI=1S/C14H28N2O/c1-4-17-12-6-9-15-14-7-5-10-16(11-8-14)13(2)3/h4,13-15H,1,5-12H2,2-3H3. The monoisotopic (exact) mass is 240 g/mol. The van der Waals surface area contributed by atoms with Crippen molar-refractivity contribution in [1.82, 2.24) is 10.2 Å². The van der Waals surface area contributed by atoms with Crippen molar-refractivity contribution >= 4 is 0 Å². The number of hydrogen-bond acceptors (Lipinski definition) is 3. The summed E-state index contributed by atoms with van der Waals surface area (Å²) in [6.07, 6.45) is 6.49. The van der Waals surface area contributed by atoms with Crippen molar-refractivity contribution in [1.29, 1.82) is 0 Å². The maximum Gasteiger partial charge on any atom is 0.0885 e. The minimum atomic E-state index is 0.690. The van der Waals surface area contributed by atoms with E-state index < -0.39 is 0 Å². The average Bonchev–Trinajstić information content (AvgIpc) is 2.54. The van der Waals surface area contributed by atoms with E-state index in [2.05, 4.69) is 30.6 Å². The van der Waals surface area contributed by atoms with Crippen LogP contribution in [-0.4, -0.2) is 43.2 Å². The molecular formula is C14H28N2O. The van der Waals surface area contributed by atoms with Crippen LogP contribution in [-0.2, 0) is 4.74 Å². The lowest BCUT2D eigenvalue weighted by Gasteiger charge is -2.24. The van der Waals surface area contributed by atoms with Crippen molar-refractivity contribution in [3.05, 3.63) is 12.8 Å². The number of rotatable bonds is 7. The summed E-state index contributed by atoms with van der Waals surface area (Å²) < 4.78 is 5.11. The van der Waals surface area contributed by atoms with Crippen LogP contribution < -0.4 is 5.32 Å². The molecule has 3 heteroatoms. The first kappa shape index (κ1) is 14.5. The molecule has 1 rings (SSSR count). The quantitative estimate of drug-likeness (QED) is 0.546. The second-order valence-electron chi connectivity index (χ2n) is 5.10. The van der Waals surface area contributed by atoms with Gasteiger partial charge in [-0.15, -0.1) is 0 Å². The molecule has 0 bridgehead atoms. The lowest BCUT2D eigenvalue weighted by Crippen LogP contribution is -2.34. The Balaban J connectivity index is 2.11. The van der Waals surface area contributed by atoms with Gasteiger partial charge in [0.1, 0.15) is 0 Å². The molecule has 0 amide bonds. The van der Waals surface area contributed by atoms with Gasteiger partial charge in [-0.3, -0.25) is 0 Å². The molecular weight excluding hydrogens is 212 g/mol. The number of nitrogens with zero attached hydrogens (tertiary/aromatic N) is 1. The third kappa shape index (κ3) is 6.08. The van der Waals surface area contributed by atoms with Crippen molar-refractivity contribution in [3.63, 3.8) is 0 Å². The van der Waals surface area contributed by atoms with Gasteiger partial charge in [0.2, 0.25) is 0 Å². The van der Waals surface area contributed by atoms with Crippen LogP contribution >= 0.6 is 0 Å². The van der Waals surface area contributed by atoms with E-state index in [4.69, 9.17) is 4.74 Å². The van der Waals surface area contributed by atoms with Crippen molar-refractivity contribution < 1.29 is 4.74 Å². The molecule has 1 fully saturated rings. The predicted octanol–water partition coefficient (Wildman–Crippen LogP) is 2.39. The third-order valence-electron chi connectivity index (χ3n) is 3.48. The van der Waals surface area contributed by atoms with Gasteiger partial charge in [-0.2, -0.15) is 0 Å². The third-order valence-corrected chi connectivity index (χ3v) is 3.48. The van der Waals surface area contributed by atoms with Crippen LogP contribution in [0.5, 0.6) is 0 Å². The van der Waals surface area contributed by atoms with Crippen molar-refractivity contribution in [3.8, 4) is 0 Å². The predicted molar refractivity (Wildman–Crippen MR) is 73.1 cm³/mol. The highest BCUT2D eigenvalue weighted by atomic mass is 16.5. The lowest BCUT2D eigenvalue weighted by molar-refractivity contribution is 0.227. The average molecular weight is 240 g/mol. The summed E-state index contributed by atoms with van der Waals surface area (Å²) in [6.45, 7) is 12.5. The summed E-state index contributed by atoms with van der Waals surface area (Å²) in [5, 5.41) is 3.64. The Bertz CT molecular complexity index is 206. The highest BCUT2D eigenvalue weighted by molar-refractivity contribution is 4.76. The number of ether oxygens (including phenoxy) is 1. The van der Waals surface area contributed by atoms with Gasteiger partial charge in [-0.25, -0.2) is 0 Å². The molecule has 1 N–H and O–H groups in total. The van der Waals surface area contributed by atoms with Crippen LogP contribution in [0.4, 0.5) is 0 Å². The van der Waals surface area contributed by atoms with Gasteiger partial charge in [-0.1, -0.05) is 6.58 Å². The SMILES string of the molecule is C=COCCCNC1CCCN(C(C)C)CC1. The van der Waals surface area contributed by atoms with Crippen LogP contribution in [0.2, 0.25) is 0 Å². The van der Waals surface area contributed by atoms with Crippen LogP contribution in [0.3, 0.4) is 0 Å². The van der Waals surface area contributed by atoms with Crippen molar-refractivity contribution in [2.45, 2.75) is 51.6 Å². The summed E-state index contributed by atoms with van der Waals surface area (Å²) in [5.74, 6) is 0. The molecule has 0 aromatic rings. The van der Waals surface area contributed by atoms with E-state index in [1.807, 2.05) is 0 Å². The molecule has 1 aliphatic rings. The first-order chi connectivity index (χ1) is 8.24.